The van der Waals surface area contributed by atoms with E-state index >= 15 is 0 Å². The second kappa shape index (κ2) is 18.1. The van der Waals surface area contributed by atoms with E-state index in [1.165, 1.54) is 83.5 Å². The maximum atomic E-state index is 7.05. The van der Waals surface area contributed by atoms with Crippen LogP contribution >= 0.6 is 0 Å². The molecule has 0 saturated heterocycles. The molecule has 3 heteroatoms. The smallest absolute Gasteiger partial charge is 0.185 e. The van der Waals surface area contributed by atoms with Crippen LogP contribution in [0.4, 0.5) is 0 Å². The first-order chi connectivity index (χ1) is 10.8. The van der Waals surface area contributed by atoms with Crippen molar-refractivity contribution < 1.29 is 0 Å². The van der Waals surface area contributed by atoms with Gasteiger partial charge in [-0.3, -0.25) is 5.41 Å². The number of unbranched alkanes of at least 4 members (excludes halogenated alkanes) is 12. The molecule has 0 aliphatic carbocycles. The monoisotopic (exact) mass is 309 g/mol. The Morgan fingerprint density at radius 3 is 1.73 bits per heavy atom. The Kier molecular flexibility index (Phi) is 17.2. The molecular weight excluding hydrogens is 270 g/mol. The van der Waals surface area contributed by atoms with E-state index < -0.39 is 0 Å². The summed E-state index contributed by atoms with van der Waals surface area (Å²) < 4.78 is 0. The fraction of sp³-hybridized carbons (Fsp3) is 0.842. The average molecular weight is 310 g/mol. The highest BCUT2D eigenvalue weighted by Gasteiger charge is 1.92. The number of hydrogen-bond acceptors (Lipinski definition) is 1. The van der Waals surface area contributed by atoms with Crippen molar-refractivity contribution in [1.82, 2.24) is 5.32 Å². The van der Waals surface area contributed by atoms with Crippen LogP contribution in [0.25, 0.3) is 0 Å². The zero-order valence-electron chi connectivity index (χ0n) is 14.8. The van der Waals surface area contributed by atoms with Gasteiger partial charge in [0.25, 0.3) is 0 Å². The van der Waals surface area contributed by atoms with Crippen LogP contribution in [0.15, 0.2) is 12.2 Å². The lowest BCUT2D eigenvalue weighted by molar-refractivity contribution is 0.591. The highest BCUT2D eigenvalue weighted by molar-refractivity contribution is 5.74. The first-order valence-electron chi connectivity index (χ1n) is 9.50. The molecule has 130 valence electrons. The molecule has 4 N–H and O–H groups in total. The molecule has 0 aromatic rings. The SMILES string of the molecule is CCCCCCCC/C=C/CCCCCCCCNC(=N)N. The van der Waals surface area contributed by atoms with Crippen molar-refractivity contribution in [3.63, 3.8) is 0 Å². The van der Waals surface area contributed by atoms with Gasteiger partial charge < -0.3 is 11.1 Å². The third-order valence-corrected chi connectivity index (χ3v) is 4.00. The summed E-state index contributed by atoms with van der Waals surface area (Å²) in [6.45, 7) is 3.12. The molecule has 0 fully saturated rings. The summed E-state index contributed by atoms with van der Waals surface area (Å²) in [4.78, 5) is 0. The Bertz CT molecular complexity index is 261. The minimum Gasteiger partial charge on any atom is -0.370 e. The number of hydrogen-bond donors (Lipinski definition) is 3. The number of allylic oxidation sites excluding steroid dienone is 2. The van der Waals surface area contributed by atoms with Crippen molar-refractivity contribution in [2.24, 2.45) is 5.73 Å². The molecule has 0 aliphatic rings. The minimum atomic E-state index is 0.0905. The normalized spacial score (nSPS) is 11.1. The predicted octanol–water partition coefficient (Wildman–Crippen LogP) is 5.51. The summed E-state index contributed by atoms with van der Waals surface area (Å²) in [5.74, 6) is 0.0905. The molecule has 0 spiro atoms. The Labute approximate surface area is 138 Å². The highest BCUT2D eigenvalue weighted by atomic mass is 15.0. The van der Waals surface area contributed by atoms with Crippen LogP contribution in [-0.2, 0) is 0 Å². The fourth-order valence-corrected chi connectivity index (χ4v) is 2.60. The third-order valence-electron chi connectivity index (χ3n) is 4.00. The van der Waals surface area contributed by atoms with Gasteiger partial charge >= 0.3 is 0 Å². The van der Waals surface area contributed by atoms with Gasteiger partial charge in [-0.15, -0.1) is 0 Å². The lowest BCUT2D eigenvalue weighted by Crippen LogP contribution is -2.30. The molecule has 0 saturated carbocycles. The van der Waals surface area contributed by atoms with Gasteiger partial charge in [0, 0.05) is 6.54 Å². The van der Waals surface area contributed by atoms with E-state index in [1.54, 1.807) is 0 Å². The first-order valence-corrected chi connectivity index (χ1v) is 9.50. The molecule has 0 aromatic carbocycles. The lowest BCUT2D eigenvalue weighted by Gasteiger charge is -2.03. The summed E-state index contributed by atoms with van der Waals surface area (Å²) in [6.07, 6.45) is 23.3. The van der Waals surface area contributed by atoms with Crippen molar-refractivity contribution >= 4 is 5.96 Å². The number of nitrogens with one attached hydrogen (secondary N) is 2. The molecule has 0 bridgehead atoms. The van der Waals surface area contributed by atoms with Crippen molar-refractivity contribution in [2.75, 3.05) is 6.54 Å². The average Bonchev–Trinajstić information content (AvgIpc) is 2.50. The molecule has 0 aliphatic heterocycles. The van der Waals surface area contributed by atoms with Crippen LogP contribution < -0.4 is 11.1 Å². The van der Waals surface area contributed by atoms with Crippen molar-refractivity contribution in [1.29, 1.82) is 5.41 Å². The number of rotatable bonds is 16. The molecule has 22 heavy (non-hydrogen) atoms. The summed E-state index contributed by atoms with van der Waals surface area (Å²) in [6, 6.07) is 0. The quantitative estimate of drug-likeness (QED) is 0.152. The summed E-state index contributed by atoms with van der Waals surface area (Å²) in [5.41, 5.74) is 5.22. The van der Waals surface area contributed by atoms with E-state index in [1.807, 2.05) is 0 Å². The number of nitrogens with two attached hydrogens (primary N) is 1. The topological polar surface area (TPSA) is 61.9 Å². The summed E-state index contributed by atoms with van der Waals surface area (Å²) in [5, 5.41) is 9.89. The van der Waals surface area contributed by atoms with Crippen molar-refractivity contribution in [2.45, 2.75) is 96.8 Å². The predicted molar refractivity (Wildman–Crippen MR) is 99.4 cm³/mol. The van der Waals surface area contributed by atoms with Gasteiger partial charge in [-0.25, -0.2) is 0 Å². The molecule has 0 rings (SSSR count). The largest absolute Gasteiger partial charge is 0.370 e. The molecule has 0 atom stereocenters. The molecule has 0 radical (unpaired) electrons. The molecule has 0 amide bonds. The van der Waals surface area contributed by atoms with Crippen LogP contribution in [0.2, 0.25) is 0 Å². The summed E-state index contributed by atoms with van der Waals surface area (Å²) >= 11 is 0. The van der Waals surface area contributed by atoms with Crippen molar-refractivity contribution in [3.8, 4) is 0 Å². The molecule has 0 heterocycles. The van der Waals surface area contributed by atoms with E-state index in [0.717, 1.165) is 13.0 Å². The van der Waals surface area contributed by atoms with E-state index in [4.69, 9.17) is 11.1 Å². The molecule has 3 nitrogen and oxygen atoms in total. The third kappa shape index (κ3) is 19.0. The Morgan fingerprint density at radius 2 is 1.23 bits per heavy atom. The minimum absolute atomic E-state index is 0.0905. The maximum Gasteiger partial charge on any atom is 0.185 e. The van der Waals surface area contributed by atoms with Gasteiger partial charge in [0.15, 0.2) is 5.96 Å². The Balaban J connectivity index is 3.06. The number of guanidine groups is 1. The van der Waals surface area contributed by atoms with E-state index in [0.29, 0.717) is 0 Å². The zero-order valence-corrected chi connectivity index (χ0v) is 14.8. The van der Waals surface area contributed by atoms with Gasteiger partial charge in [-0.05, 0) is 32.1 Å². The molecule has 0 unspecified atom stereocenters. The van der Waals surface area contributed by atoms with Crippen LogP contribution in [0.3, 0.4) is 0 Å². The molecule has 0 aromatic heterocycles. The lowest BCUT2D eigenvalue weighted by atomic mass is 10.1. The standard InChI is InChI=1S/C19H39N3/c1-2-3-4-5-6-7-8-9-10-11-12-13-14-15-16-17-18-22-19(20)21/h9-10H,2-8,11-18H2,1H3,(H4,20,21,22)/b10-9+. The van der Waals surface area contributed by atoms with Crippen LogP contribution in [0.1, 0.15) is 96.8 Å². The van der Waals surface area contributed by atoms with Gasteiger partial charge in [0.05, 0.1) is 0 Å². The van der Waals surface area contributed by atoms with E-state index in [-0.39, 0.29) is 5.96 Å². The van der Waals surface area contributed by atoms with Gasteiger partial charge in [-0.1, -0.05) is 76.9 Å². The van der Waals surface area contributed by atoms with Crippen LogP contribution in [0, 0.1) is 5.41 Å². The van der Waals surface area contributed by atoms with E-state index in [9.17, 15) is 0 Å². The zero-order chi connectivity index (χ0) is 16.3. The van der Waals surface area contributed by atoms with Crippen molar-refractivity contribution in [3.05, 3.63) is 12.2 Å². The highest BCUT2D eigenvalue weighted by Crippen LogP contribution is 2.09. The fourth-order valence-electron chi connectivity index (χ4n) is 2.60. The van der Waals surface area contributed by atoms with E-state index in [2.05, 4.69) is 24.4 Å². The van der Waals surface area contributed by atoms with Crippen LogP contribution in [0.5, 0.6) is 0 Å². The Morgan fingerprint density at radius 1 is 0.773 bits per heavy atom. The Hall–Kier alpha value is -0.990. The van der Waals surface area contributed by atoms with Crippen LogP contribution in [-0.4, -0.2) is 12.5 Å². The summed E-state index contributed by atoms with van der Waals surface area (Å²) in [7, 11) is 0. The van der Waals surface area contributed by atoms with Gasteiger partial charge in [0.2, 0.25) is 0 Å². The van der Waals surface area contributed by atoms with Gasteiger partial charge in [-0.2, -0.15) is 0 Å². The first kappa shape index (κ1) is 21.0. The maximum absolute atomic E-state index is 7.05. The molecular formula is C19H39N3. The van der Waals surface area contributed by atoms with Gasteiger partial charge in [0.1, 0.15) is 0 Å². The second-order valence-corrected chi connectivity index (χ2v) is 6.28. The second-order valence-electron chi connectivity index (χ2n) is 6.28.